The lowest BCUT2D eigenvalue weighted by Gasteiger charge is -2.31. The summed E-state index contributed by atoms with van der Waals surface area (Å²) in [5.74, 6) is -1.60. The number of quaternary nitrogens is 1. The lowest BCUT2D eigenvalue weighted by molar-refractivity contribution is -0.856. The molecule has 1 heterocycles. The van der Waals surface area contributed by atoms with E-state index in [0.29, 0.717) is 19.5 Å². The third kappa shape index (κ3) is 4.94. The van der Waals surface area contributed by atoms with Gasteiger partial charge in [0, 0.05) is 12.8 Å². The summed E-state index contributed by atoms with van der Waals surface area (Å²) in [5, 5.41) is 2.77. The van der Waals surface area contributed by atoms with E-state index < -0.39 is 11.8 Å². The molecule has 0 radical (unpaired) electrons. The number of likely N-dealkylation sites (N-methyl/N-ethyl adjacent to an activating group) is 1. The van der Waals surface area contributed by atoms with E-state index in [1.165, 1.54) is 16.0 Å². The summed E-state index contributed by atoms with van der Waals surface area (Å²) in [7, 11) is 4.05. The lowest BCUT2D eigenvalue weighted by Crippen LogP contribution is -3.06. The third-order valence-electron chi connectivity index (χ3n) is 3.75. The van der Waals surface area contributed by atoms with Gasteiger partial charge in [-0.15, -0.1) is 0 Å². The molecular formula is C17H23N4O2S+. The zero-order valence-corrected chi connectivity index (χ0v) is 14.8. The molecule has 6 nitrogen and oxygen atoms in total. The molecule has 2 amide bonds. The second-order valence-electron chi connectivity index (χ2n) is 6.01. The number of nitrogens with zero attached hydrogens (tertiary/aromatic N) is 2. The quantitative estimate of drug-likeness (QED) is 0.390. The Morgan fingerprint density at radius 2 is 2.00 bits per heavy atom. The van der Waals surface area contributed by atoms with Gasteiger partial charge in [-0.25, -0.2) is 0 Å². The fraction of sp³-hybridized carbons (Fsp3) is 0.412. The van der Waals surface area contributed by atoms with Gasteiger partial charge in [0.05, 0.1) is 27.2 Å². The average molecular weight is 347 g/mol. The number of hydrogen-bond acceptors (Lipinski definition) is 4. The summed E-state index contributed by atoms with van der Waals surface area (Å²) in [5.41, 5.74) is 1.11. The molecule has 24 heavy (non-hydrogen) atoms. The van der Waals surface area contributed by atoms with E-state index in [0.717, 1.165) is 12.1 Å². The maximum atomic E-state index is 12.6. The van der Waals surface area contributed by atoms with Crippen molar-refractivity contribution in [3.63, 3.8) is 0 Å². The van der Waals surface area contributed by atoms with Gasteiger partial charge in [0.25, 0.3) is 0 Å². The van der Waals surface area contributed by atoms with Crippen LogP contribution in [0.3, 0.4) is 0 Å². The number of carbonyl (C=O) groups is 2. The van der Waals surface area contributed by atoms with Gasteiger partial charge in [0.15, 0.2) is 11.0 Å². The number of carbonyl (C=O) groups excluding carboxylic acids is 2. The molecule has 1 aliphatic heterocycles. The van der Waals surface area contributed by atoms with Crippen LogP contribution in [0.15, 0.2) is 35.3 Å². The molecule has 1 atom stereocenters. The highest BCUT2D eigenvalue weighted by Crippen LogP contribution is 2.11. The van der Waals surface area contributed by atoms with Gasteiger partial charge in [0.1, 0.15) is 0 Å². The molecule has 0 bridgehead atoms. The van der Waals surface area contributed by atoms with Crippen LogP contribution in [-0.2, 0) is 16.0 Å². The Bertz CT molecular complexity index is 631. The number of benzene rings is 1. The van der Waals surface area contributed by atoms with E-state index >= 15 is 0 Å². The number of nitrogens with one attached hydrogen (secondary N) is 2. The zero-order chi connectivity index (χ0) is 17.5. The molecule has 7 heteroatoms. The second kappa shape index (κ2) is 8.65. The van der Waals surface area contributed by atoms with Crippen molar-refractivity contribution in [1.29, 1.82) is 0 Å². The van der Waals surface area contributed by atoms with Crippen LogP contribution in [0, 0.1) is 5.92 Å². The summed E-state index contributed by atoms with van der Waals surface area (Å²) >= 11 is 5.14. The first-order chi connectivity index (χ1) is 11.5. The first-order valence-corrected chi connectivity index (χ1v) is 8.39. The van der Waals surface area contributed by atoms with Gasteiger partial charge in [-0.05, 0) is 24.2 Å². The maximum absolute atomic E-state index is 12.6. The summed E-state index contributed by atoms with van der Waals surface area (Å²) in [4.78, 5) is 31.5. The minimum absolute atomic E-state index is 0.170. The molecule has 1 aromatic carbocycles. The summed E-state index contributed by atoms with van der Waals surface area (Å²) < 4.78 is 0. The van der Waals surface area contributed by atoms with Crippen LogP contribution >= 0.6 is 12.2 Å². The summed E-state index contributed by atoms with van der Waals surface area (Å²) in [6.07, 6.45) is 2.12. The third-order valence-corrected chi connectivity index (χ3v) is 4.07. The number of rotatable bonds is 7. The Balaban J connectivity index is 1.99. The first-order valence-electron chi connectivity index (χ1n) is 7.98. The Morgan fingerprint density at radius 1 is 1.29 bits per heavy atom. The Hall–Kier alpha value is -2.12. The highest BCUT2D eigenvalue weighted by atomic mass is 32.1. The molecule has 128 valence electrons. The number of amides is 2. The van der Waals surface area contributed by atoms with Gasteiger partial charge in [-0.3, -0.25) is 19.5 Å². The molecule has 2 N–H and O–H groups in total. The van der Waals surface area contributed by atoms with Crippen LogP contribution in [0.25, 0.3) is 0 Å². The van der Waals surface area contributed by atoms with Crippen LogP contribution < -0.4 is 10.2 Å². The molecule has 1 unspecified atom stereocenters. The van der Waals surface area contributed by atoms with Crippen molar-refractivity contribution in [3.8, 4) is 0 Å². The average Bonchev–Trinajstić information content (AvgIpc) is 2.54. The minimum atomic E-state index is -0.898. The van der Waals surface area contributed by atoms with Crippen LogP contribution in [0.1, 0.15) is 5.56 Å². The van der Waals surface area contributed by atoms with E-state index in [1.807, 2.05) is 44.4 Å². The van der Waals surface area contributed by atoms with Crippen molar-refractivity contribution in [2.45, 2.75) is 6.42 Å². The van der Waals surface area contributed by atoms with Crippen molar-refractivity contribution in [3.05, 3.63) is 35.9 Å². The summed E-state index contributed by atoms with van der Waals surface area (Å²) in [6.45, 7) is 1.86. The monoisotopic (exact) mass is 347 g/mol. The highest BCUT2D eigenvalue weighted by molar-refractivity contribution is 7.80. The zero-order valence-electron chi connectivity index (χ0n) is 14.0. The van der Waals surface area contributed by atoms with Crippen LogP contribution in [-0.4, -0.2) is 61.8 Å². The number of thiocarbonyl (C=S) groups is 1. The molecule has 1 aliphatic rings. The normalized spacial score (nSPS) is 18.5. The predicted octanol–water partition coefficient (Wildman–Crippen LogP) is -0.696. The number of aliphatic imine (C=N–C) groups is 1. The first kappa shape index (κ1) is 18.2. The molecule has 0 spiro atoms. The van der Waals surface area contributed by atoms with Crippen LogP contribution in [0.5, 0.6) is 0 Å². The molecule has 0 aromatic heterocycles. The minimum Gasteiger partial charge on any atom is -0.338 e. The van der Waals surface area contributed by atoms with Crippen molar-refractivity contribution in [2.75, 3.05) is 33.7 Å². The van der Waals surface area contributed by atoms with Crippen molar-refractivity contribution >= 4 is 35.4 Å². The van der Waals surface area contributed by atoms with Gasteiger partial charge in [-0.1, -0.05) is 30.3 Å². The van der Waals surface area contributed by atoms with Crippen molar-refractivity contribution in [1.82, 2.24) is 10.2 Å². The van der Waals surface area contributed by atoms with E-state index in [4.69, 9.17) is 12.2 Å². The van der Waals surface area contributed by atoms with Crippen molar-refractivity contribution < 1.29 is 14.5 Å². The largest absolute Gasteiger partial charge is 0.338 e. The Morgan fingerprint density at radius 3 is 2.67 bits per heavy atom. The van der Waals surface area contributed by atoms with E-state index in [2.05, 4.69) is 10.3 Å². The SMILES string of the molecule is C[NH+](C)CCN=CC1C(=O)NC(=S)N(CCc2ccccc2)C1=O. The molecular weight excluding hydrogens is 324 g/mol. The highest BCUT2D eigenvalue weighted by Gasteiger charge is 2.37. The molecule has 1 saturated heterocycles. The fourth-order valence-corrected chi connectivity index (χ4v) is 2.61. The van der Waals surface area contributed by atoms with Gasteiger partial charge in [0.2, 0.25) is 11.8 Å². The van der Waals surface area contributed by atoms with Gasteiger partial charge in [-0.2, -0.15) is 0 Å². The smallest absolute Gasteiger partial charge is 0.246 e. The van der Waals surface area contributed by atoms with E-state index in [9.17, 15) is 9.59 Å². The lowest BCUT2D eigenvalue weighted by atomic mass is 10.1. The van der Waals surface area contributed by atoms with Crippen LogP contribution in [0.4, 0.5) is 0 Å². The fourth-order valence-electron chi connectivity index (χ4n) is 2.33. The van der Waals surface area contributed by atoms with Gasteiger partial charge >= 0.3 is 0 Å². The number of hydrogen-bond donors (Lipinski definition) is 2. The molecule has 1 aromatic rings. The standard InChI is InChI=1S/C17H22N4O2S/c1-20(2)11-9-18-12-14-15(22)19-17(24)21(16(14)23)10-8-13-6-4-3-5-7-13/h3-7,12,14H,8-11H2,1-2H3,(H,19,22,24)/p+1. The van der Waals surface area contributed by atoms with E-state index in [-0.39, 0.29) is 11.0 Å². The second-order valence-corrected chi connectivity index (χ2v) is 6.40. The Labute approximate surface area is 147 Å². The molecule has 0 saturated carbocycles. The van der Waals surface area contributed by atoms with Crippen molar-refractivity contribution in [2.24, 2.45) is 10.9 Å². The maximum Gasteiger partial charge on any atom is 0.246 e. The predicted molar refractivity (Wildman–Crippen MR) is 97.1 cm³/mol. The topological polar surface area (TPSA) is 66.2 Å². The van der Waals surface area contributed by atoms with Gasteiger partial charge < -0.3 is 10.2 Å². The molecule has 2 rings (SSSR count). The van der Waals surface area contributed by atoms with E-state index in [1.54, 1.807) is 0 Å². The molecule has 1 fully saturated rings. The molecule has 0 aliphatic carbocycles. The Kier molecular flexibility index (Phi) is 6.57. The summed E-state index contributed by atoms with van der Waals surface area (Å²) in [6, 6.07) is 9.85. The van der Waals surface area contributed by atoms with Crippen LogP contribution in [0.2, 0.25) is 0 Å².